The van der Waals surface area contributed by atoms with E-state index < -0.39 is 11.4 Å². The van der Waals surface area contributed by atoms with Gasteiger partial charge < -0.3 is 15.2 Å². The molecular weight excluding hydrogens is 294 g/mol. The van der Waals surface area contributed by atoms with Gasteiger partial charge >= 0.3 is 5.97 Å². The van der Waals surface area contributed by atoms with Crippen molar-refractivity contribution in [3.05, 3.63) is 35.4 Å². The van der Waals surface area contributed by atoms with E-state index in [1.54, 1.807) is 13.8 Å². The number of rotatable bonds is 5. The first-order valence-electron chi connectivity index (χ1n) is 8.00. The summed E-state index contributed by atoms with van der Waals surface area (Å²) in [6.45, 7) is 5.97. The predicted molar refractivity (Wildman–Crippen MR) is 87.0 cm³/mol. The van der Waals surface area contributed by atoms with Crippen LogP contribution in [-0.4, -0.2) is 30.1 Å². The number of hydrogen-bond donors (Lipinski definition) is 2. The lowest BCUT2D eigenvalue weighted by atomic mass is 9.87. The van der Waals surface area contributed by atoms with Crippen molar-refractivity contribution in [2.75, 3.05) is 13.2 Å². The van der Waals surface area contributed by atoms with Gasteiger partial charge in [0.15, 0.2) is 0 Å². The largest absolute Gasteiger partial charge is 0.481 e. The van der Waals surface area contributed by atoms with Crippen molar-refractivity contribution in [2.24, 2.45) is 11.3 Å². The summed E-state index contributed by atoms with van der Waals surface area (Å²) >= 11 is 0. The molecule has 1 aliphatic heterocycles. The van der Waals surface area contributed by atoms with Gasteiger partial charge in [-0.15, -0.1) is 0 Å². The van der Waals surface area contributed by atoms with Gasteiger partial charge in [0, 0.05) is 13.2 Å². The van der Waals surface area contributed by atoms with E-state index in [9.17, 15) is 9.59 Å². The Hall–Kier alpha value is -1.88. The molecule has 126 valence electrons. The lowest BCUT2D eigenvalue weighted by Gasteiger charge is -2.32. The van der Waals surface area contributed by atoms with E-state index in [0.717, 1.165) is 24.0 Å². The minimum absolute atomic E-state index is 0.109. The van der Waals surface area contributed by atoms with Crippen molar-refractivity contribution < 1.29 is 19.4 Å². The van der Waals surface area contributed by atoms with Crippen LogP contribution in [0.3, 0.4) is 0 Å². The number of ether oxygens (including phenoxy) is 1. The van der Waals surface area contributed by atoms with Crippen molar-refractivity contribution >= 4 is 11.9 Å². The second-order valence-electron chi connectivity index (χ2n) is 6.86. The lowest BCUT2D eigenvalue weighted by molar-refractivity contribution is -0.147. The summed E-state index contributed by atoms with van der Waals surface area (Å²) in [5.74, 6) is -1.34. The fraction of sp³-hybridized carbons (Fsp3) is 0.556. The van der Waals surface area contributed by atoms with Crippen molar-refractivity contribution in [3.63, 3.8) is 0 Å². The molecule has 1 saturated heterocycles. The zero-order valence-corrected chi connectivity index (χ0v) is 14.0. The number of hydrogen-bond acceptors (Lipinski definition) is 3. The van der Waals surface area contributed by atoms with Gasteiger partial charge in [-0.1, -0.05) is 29.8 Å². The molecule has 2 rings (SSSR count). The summed E-state index contributed by atoms with van der Waals surface area (Å²) in [5, 5.41) is 11.9. The molecule has 1 fully saturated rings. The van der Waals surface area contributed by atoms with Crippen LogP contribution < -0.4 is 5.32 Å². The molecule has 1 heterocycles. The normalized spacial score (nSPS) is 21.7. The summed E-state index contributed by atoms with van der Waals surface area (Å²) in [7, 11) is 0. The number of carboxylic acids is 1. The number of aliphatic carboxylic acids is 1. The number of carboxylic acid groups (broad SMARTS) is 1. The van der Waals surface area contributed by atoms with Gasteiger partial charge in [-0.05, 0) is 39.2 Å². The van der Waals surface area contributed by atoms with Gasteiger partial charge in [-0.2, -0.15) is 0 Å². The molecule has 0 spiro atoms. The monoisotopic (exact) mass is 319 g/mol. The zero-order chi connectivity index (χ0) is 17.0. The summed E-state index contributed by atoms with van der Waals surface area (Å²) in [4.78, 5) is 23.7. The molecule has 23 heavy (non-hydrogen) atoms. The van der Waals surface area contributed by atoms with Crippen molar-refractivity contribution in [3.8, 4) is 0 Å². The topological polar surface area (TPSA) is 75.6 Å². The molecular formula is C18H25NO4. The van der Waals surface area contributed by atoms with Crippen LogP contribution in [-0.2, 0) is 14.3 Å². The molecule has 2 N–H and O–H groups in total. The summed E-state index contributed by atoms with van der Waals surface area (Å²) in [6, 6.07) is 8.01. The Balaban J connectivity index is 2.07. The molecule has 2 unspecified atom stereocenters. The van der Waals surface area contributed by atoms with Crippen LogP contribution in [0.5, 0.6) is 0 Å². The summed E-state index contributed by atoms with van der Waals surface area (Å²) < 4.78 is 5.84. The van der Waals surface area contributed by atoms with Gasteiger partial charge in [0.2, 0.25) is 5.91 Å². The number of amides is 1. The third-order valence-electron chi connectivity index (χ3n) is 4.35. The van der Waals surface area contributed by atoms with E-state index in [1.165, 1.54) is 0 Å². The van der Waals surface area contributed by atoms with Crippen LogP contribution in [0.1, 0.15) is 43.9 Å². The Kier molecular flexibility index (Phi) is 5.42. The Morgan fingerprint density at radius 1 is 1.30 bits per heavy atom. The molecule has 0 radical (unpaired) electrons. The molecule has 2 atom stereocenters. The van der Waals surface area contributed by atoms with E-state index in [2.05, 4.69) is 5.32 Å². The van der Waals surface area contributed by atoms with E-state index in [4.69, 9.17) is 9.84 Å². The maximum atomic E-state index is 12.5. The second kappa shape index (κ2) is 7.13. The smallest absolute Gasteiger partial charge is 0.310 e. The van der Waals surface area contributed by atoms with Crippen LogP contribution in [0.25, 0.3) is 0 Å². The average molecular weight is 319 g/mol. The third kappa shape index (κ3) is 4.32. The van der Waals surface area contributed by atoms with Crippen LogP contribution in [0.2, 0.25) is 0 Å². The zero-order valence-electron chi connectivity index (χ0n) is 14.0. The molecule has 5 heteroatoms. The lowest BCUT2D eigenvalue weighted by Crippen LogP contribution is -2.43. The third-order valence-corrected chi connectivity index (χ3v) is 4.35. The van der Waals surface area contributed by atoms with Gasteiger partial charge in [-0.3, -0.25) is 9.59 Å². The van der Waals surface area contributed by atoms with Crippen molar-refractivity contribution in [2.45, 2.75) is 39.7 Å². The number of nitrogens with one attached hydrogen (secondary N) is 1. The highest BCUT2D eigenvalue weighted by Gasteiger charge is 2.35. The fourth-order valence-electron chi connectivity index (χ4n) is 2.65. The highest BCUT2D eigenvalue weighted by molar-refractivity contribution is 5.81. The van der Waals surface area contributed by atoms with Gasteiger partial charge in [-0.25, -0.2) is 0 Å². The second-order valence-corrected chi connectivity index (χ2v) is 6.86. The minimum atomic E-state index is -0.982. The fourth-order valence-corrected chi connectivity index (χ4v) is 2.65. The highest BCUT2D eigenvalue weighted by Crippen LogP contribution is 2.34. The Labute approximate surface area is 137 Å². The Morgan fingerprint density at radius 2 is 1.96 bits per heavy atom. The molecule has 0 aliphatic carbocycles. The van der Waals surface area contributed by atoms with Crippen molar-refractivity contribution in [1.82, 2.24) is 5.32 Å². The van der Waals surface area contributed by atoms with E-state index >= 15 is 0 Å². The molecule has 1 amide bonds. The molecule has 0 bridgehead atoms. The number of carbonyl (C=O) groups is 2. The molecule has 0 saturated carbocycles. The maximum absolute atomic E-state index is 12.5. The van der Waals surface area contributed by atoms with Crippen LogP contribution in [0, 0.1) is 18.3 Å². The number of carbonyl (C=O) groups excluding carboxylic acids is 1. The van der Waals surface area contributed by atoms with Gasteiger partial charge in [0.1, 0.15) is 0 Å². The van der Waals surface area contributed by atoms with Crippen LogP contribution in [0.15, 0.2) is 24.3 Å². The van der Waals surface area contributed by atoms with Crippen molar-refractivity contribution in [1.29, 1.82) is 0 Å². The first-order valence-corrected chi connectivity index (χ1v) is 8.00. The minimum Gasteiger partial charge on any atom is -0.481 e. The standard InChI is InChI=1S/C18H25NO4/c1-12-6-8-13(9-7-12)15-14(5-4-10-23-15)16(20)19-11-18(2,3)17(21)22/h6-9,14-15H,4-5,10-11H2,1-3H3,(H,19,20)(H,21,22). The van der Waals surface area contributed by atoms with E-state index in [0.29, 0.717) is 6.61 Å². The Bertz CT molecular complexity index is 565. The van der Waals surface area contributed by atoms with Gasteiger partial charge in [0.25, 0.3) is 0 Å². The molecule has 1 aromatic rings. The quantitative estimate of drug-likeness (QED) is 0.875. The van der Waals surface area contributed by atoms with E-state index in [-0.39, 0.29) is 24.5 Å². The SMILES string of the molecule is Cc1ccc(C2OCCCC2C(=O)NCC(C)(C)C(=O)O)cc1. The van der Waals surface area contributed by atoms with Crippen LogP contribution in [0.4, 0.5) is 0 Å². The van der Waals surface area contributed by atoms with Crippen LogP contribution >= 0.6 is 0 Å². The molecule has 0 aromatic heterocycles. The number of benzene rings is 1. The highest BCUT2D eigenvalue weighted by atomic mass is 16.5. The molecule has 1 aromatic carbocycles. The van der Waals surface area contributed by atoms with Gasteiger partial charge in [0.05, 0.1) is 17.4 Å². The first-order chi connectivity index (χ1) is 10.8. The summed E-state index contributed by atoms with van der Waals surface area (Å²) in [6.07, 6.45) is 1.32. The first kappa shape index (κ1) is 17.5. The molecule has 1 aliphatic rings. The molecule has 5 nitrogen and oxygen atoms in total. The predicted octanol–water partition coefficient (Wildman–Crippen LogP) is 2.69. The Morgan fingerprint density at radius 3 is 2.57 bits per heavy atom. The number of aryl methyl sites for hydroxylation is 1. The summed E-state index contributed by atoms with van der Waals surface area (Å²) in [5.41, 5.74) is 1.17. The van der Waals surface area contributed by atoms with E-state index in [1.807, 2.05) is 31.2 Å². The average Bonchev–Trinajstić information content (AvgIpc) is 2.53. The maximum Gasteiger partial charge on any atom is 0.310 e.